The van der Waals surface area contributed by atoms with E-state index in [9.17, 15) is 0 Å². The lowest BCUT2D eigenvalue weighted by molar-refractivity contribution is 0.254. The Bertz CT molecular complexity index is 866. The molecule has 2 N–H and O–H groups in total. The summed E-state index contributed by atoms with van der Waals surface area (Å²) >= 11 is 0. The van der Waals surface area contributed by atoms with Gasteiger partial charge in [-0.15, -0.1) is 0 Å². The van der Waals surface area contributed by atoms with Gasteiger partial charge in [0.1, 0.15) is 5.82 Å². The Kier molecular flexibility index (Phi) is 5.02. The number of hydrazine groups is 1. The lowest BCUT2D eigenvalue weighted by atomic mass is 9.91. The zero-order chi connectivity index (χ0) is 17.9. The molecule has 0 saturated carbocycles. The number of nitrogens with one attached hydrogen (secondary N) is 2. The fraction of sp³-hybridized carbons (Fsp3) is 0.381. The van der Waals surface area contributed by atoms with E-state index in [-0.39, 0.29) is 0 Å². The molecule has 0 bridgehead atoms. The Morgan fingerprint density at radius 2 is 2.04 bits per heavy atom. The van der Waals surface area contributed by atoms with Crippen molar-refractivity contribution in [2.24, 2.45) is 5.92 Å². The lowest BCUT2D eigenvalue weighted by Gasteiger charge is -2.25. The third-order valence-corrected chi connectivity index (χ3v) is 5.35. The molecule has 0 amide bonds. The fourth-order valence-corrected chi connectivity index (χ4v) is 4.04. The van der Waals surface area contributed by atoms with Crippen LogP contribution in [0.25, 0.3) is 10.8 Å². The van der Waals surface area contributed by atoms with Crippen LogP contribution in [0, 0.1) is 5.92 Å². The van der Waals surface area contributed by atoms with E-state index in [1.54, 1.807) is 0 Å². The molecule has 0 radical (unpaired) electrons. The van der Waals surface area contributed by atoms with Crippen molar-refractivity contribution >= 4 is 10.8 Å². The zero-order valence-electron chi connectivity index (χ0n) is 15.5. The van der Waals surface area contributed by atoms with Gasteiger partial charge in [0.25, 0.3) is 0 Å². The zero-order valence-corrected chi connectivity index (χ0v) is 15.5. The van der Waals surface area contributed by atoms with E-state index in [2.05, 4.69) is 87.9 Å². The van der Waals surface area contributed by atoms with Gasteiger partial charge in [0, 0.05) is 37.9 Å². The van der Waals surface area contributed by atoms with Crippen LogP contribution in [0.15, 0.2) is 54.9 Å². The molecular formula is C21H27N5. The number of hydrogen-bond acceptors (Lipinski definition) is 4. The molecule has 2 unspecified atom stereocenters. The van der Waals surface area contributed by atoms with Crippen LogP contribution in [0.5, 0.6) is 0 Å². The molecule has 26 heavy (non-hydrogen) atoms. The summed E-state index contributed by atoms with van der Waals surface area (Å²) in [6.07, 6.45) is 3.95. The first kappa shape index (κ1) is 17.2. The number of benzene rings is 2. The molecule has 1 aliphatic rings. The molecule has 5 nitrogen and oxygen atoms in total. The minimum absolute atomic E-state index is 0.314. The molecule has 2 atom stereocenters. The predicted molar refractivity (Wildman–Crippen MR) is 106 cm³/mol. The monoisotopic (exact) mass is 349 g/mol. The van der Waals surface area contributed by atoms with E-state index in [1.165, 1.54) is 16.3 Å². The SMILES string of the molecule is CCn1ccnc1CN(C)CC1CNNC1c1cccc2ccccc12. The van der Waals surface area contributed by atoms with Crippen molar-refractivity contribution < 1.29 is 0 Å². The number of imidazole rings is 1. The first-order valence-corrected chi connectivity index (χ1v) is 9.41. The van der Waals surface area contributed by atoms with Gasteiger partial charge in [0.15, 0.2) is 0 Å². The molecule has 136 valence electrons. The predicted octanol–water partition coefficient (Wildman–Crippen LogP) is 2.95. The average molecular weight is 349 g/mol. The number of fused-ring (bicyclic) bond motifs is 1. The van der Waals surface area contributed by atoms with E-state index in [0.29, 0.717) is 12.0 Å². The second-order valence-corrected chi connectivity index (χ2v) is 7.16. The van der Waals surface area contributed by atoms with Gasteiger partial charge in [-0.1, -0.05) is 42.5 Å². The number of aromatic nitrogens is 2. The highest BCUT2D eigenvalue weighted by Crippen LogP contribution is 2.31. The molecule has 2 heterocycles. The number of nitrogens with zero attached hydrogens (tertiary/aromatic N) is 3. The summed E-state index contributed by atoms with van der Waals surface area (Å²) in [4.78, 5) is 6.89. The van der Waals surface area contributed by atoms with Crippen molar-refractivity contribution in [3.05, 3.63) is 66.2 Å². The highest BCUT2D eigenvalue weighted by Gasteiger charge is 2.30. The summed E-state index contributed by atoms with van der Waals surface area (Å²) < 4.78 is 2.21. The second kappa shape index (κ2) is 7.58. The van der Waals surface area contributed by atoms with E-state index in [1.807, 2.05) is 6.20 Å². The summed E-state index contributed by atoms with van der Waals surface area (Å²) in [5.41, 5.74) is 8.26. The van der Waals surface area contributed by atoms with E-state index >= 15 is 0 Å². The average Bonchev–Trinajstić information content (AvgIpc) is 3.30. The minimum atomic E-state index is 0.314. The smallest absolute Gasteiger partial charge is 0.122 e. The lowest BCUT2D eigenvalue weighted by Crippen LogP contribution is -2.31. The maximum Gasteiger partial charge on any atom is 0.122 e. The third kappa shape index (κ3) is 3.38. The van der Waals surface area contributed by atoms with Crippen molar-refractivity contribution in [2.45, 2.75) is 26.1 Å². The Morgan fingerprint density at radius 3 is 2.92 bits per heavy atom. The summed E-state index contributed by atoms with van der Waals surface area (Å²) in [5, 5.41) is 2.64. The van der Waals surface area contributed by atoms with Crippen molar-refractivity contribution in [3.63, 3.8) is 0 Å². The van der Waals surface area contributed by atoms with Crippen molar-refractivity contribution in [1.29, 1.82) is 0 Å². The molecule has 1 aliphatic heterocycles. The van der Waals surface area contributed by atoms with Crippen molar-refractivity contribution in [1.82, 2.24) is 25.3 Å². The number of aryl methyl sites for hydroxylation is 1. The summed E-state index contributed by atoms with van der Waals surface area (Å²) in [7, 11) is 2.19. The van der Waals surface area contributed by atoms with Gasteiger partial charge in [-0.05, 0) is 30.3 Å². The van der Waals surface area contributed by atoms with Gasteiger partial charge in [0.2, 0.25) is 0 Å². The molecule has 0 spiro atoms. The van der Waals surface area contributed by atoms with E-state index in [0.717, 1.165) is 32.0 Å². The Hall–Kier alpha value is -2.21. The topological polar surface area (TPSA) is 45.1 Å². The summed E-state index contributed by atoms with van der Waals surface area (Å²) in [6, 6.07) is 15.6. The van der Waals surface area contributed by atoms with E-state index < -0.39 is 0 Å². The van der Waals surface area contributed by atoms with Crippen molar-refractivity contribution in [2.75, 3.05) is 20.1 Å². The van der Waals surface area contributed by atoms with Crippen LogP contribution < -0.4 is 10.9 Å². The molecule has 1 fully saturated rings. The van der Waals surface area contributed by atoms with E-state index in [4.69, 9.17) is 0 Å². The van der Waals surface area contributed by atoms with Gasteiger partial charge in [0.05, 0.1) is 12.6 Å². The molecule has 3 aromatic rings. The standard InChI is InChI=1S/C21H27N5/c1-3-26-12-11-22-20(26)15-25(2)14-17-13-23-24-21(17)19-10-6-8-16-7-4-5-9-18(16)19/h4-12,17,21,23-24H,3,13-15H2,1-2H3. The van der Waals surface area contributed by atoms with Crippen LogP contribution in [0.2, 0.25) is 0 Å². The highest BCUT2D eigenvalue weighted by molar-refractivity contribution is 5.86. The van der Waals surface area contributed by atoms with Gasteiger partial charge in [-0.3, -0.25) is 10.3 Å². The van der Waals surface area contributed by atoms with Crippen LogP contribution >= 0.6 is 0 Å². The van der Waals surface area contributed by atoms with Crippen molar-refractivity contribution in [3.8, 4) is 0 Å². The van der Waals surface area contributed by atoms with Crippen LogP contribution in [0.4, 0.5) is 0 Å². The molecular weight excluding hydrogens is 322 g/mol. The number of rotatable bonds is 6. The normalized spacial score (nSPS) is 20.3. The van der Waals surface area contributed by atoms with Crippen LogP contribution in [0.1, 0.15) is 24.4 Å². The van der Waals surface area contributed by atoms with Gasteiger partial charge >= 0.3 is 0 Å². The molecule has 1 saturated heterocycles. The fourth-order valence-electron chi connectivity index (χ4n) is 4.04. The molecule has 0 aliphatic carbocycles. The first-order valence-electron chi connectivity index (χ1n) is 9.41. The maximum atomic E-state index is 4.51. The second-order valence-electron chi connectivity index (χ2n) is 7.16. The highest BCUT2D eigenvalue weighted by atomic mass is 15.4. The quantitative estimate of drug-likeness (QED) is 0.718. The van der Waals surface area contributed by atoms with Crippen LogP contribution in [-0.2, 0) is 13.1 Å². The van der Waals surface area contributed by atoms with Crippen LogP contribution in [0.3, 0.4) is 0 Å². The molecule has 5 heteroatoms. The largest absolute Gasteiger partial charge is 0.334 e. The maximum absolute atomic E-state index is 4.51. The molecule has 2 aromatic carbocycles. The first-order chi connectivity index (χ1) is 12.8. The molecule has 1 aromatic heterocycles. The third-order valence-electron chi connectivity index (χ3n) is 5.35. The number of hydrogen-bond donors (Lipinski definition) is 2. The Morgan fingerprint density at radius 1 is 1.19 bits per heavy atom. The molecule has 4 rings (SSSR count). The summed E-state index contributed by atoms with van der Waals surface area (Å²) in [5.74, 6) is 1.64. The van der Waals surface area contributed by atoms with Gasteiger partial charge in [-0.2, -0.15) is 0 Å². The summed E-state index contributed by atoms with van der Waals surface area (Å²) in [6.45, 7) is 5.99. The Labute approximate surface area is 155 Å². The minimum Gasteiger partial charge on any atom is -0.334 e. The van der Waals surface area contributed by atoms with Gasteiger partial charge < -0.3 is 4.57 Å². The Balaban J connectivity index is 1.51. The van der Waals surface area contributed by atoms with Gasteiger partial charge in [-0.25, -0.2) is 10.4 Å². The van der Waals surface area contributed by atoms with Crippen LogP contribution in [-0.4, -0.2) is 34.6 Å².